The van der Waals surface area contributed by atoms with Gasteiger partial charge in [0.15, 0.2) is 18.7 Å². The van der Waals surface area contributed by atoms with Crippen molar-refractivity contribution in [2.24, 2.45) is 0 Å². The van der Waals surface area contributed by atoms with Crippen molar-refractivity contribution in [1.29, 1.82) is 0 Å². The van der Waals surface area contributed by atoms with E-state index in [1.54, 1.807) is 0 Å². The maximum absolute atomic E-state index is 11.6. The standard InChI is InChI=1S/C19H32O16/c1-30-4-19(35-18-12(26)10(24)9(23)7(2-20)33-18)5-32-14(16(28)29)13(27)15(19)34-17-11(25)8(22)6(21)3-31-17/h6-15,17-18,20-27H,2-5H2,1H3,(H,28,29)/t6-,7?,8?,9+,10?,11?,12?,13-,14?,15?,17+,18+,19?/m1/s1. The minimum atomic E-state index is -1.99. The number of aliphatic carboxylic acids is 1. The molecule has 3 fully saturated rings. The first-order valence-corrected chi connectivity index (χ1v) is 10.8. The lowest BCUT2D eigenvalue weighted by molar-refractivity contribution is -0.383. The summed E-state index contributed by atoms with van der Waals surface area (Å²) in [7, 11) is 1.22. The molecule has 0 aromatic rings. The molecule has 13 atom stereocenters. The Kier molecular flexibility index (Phi) is 9.38. The van der Waals surface area contributed by atoms with Crippen LogP contribution in [0.25, 0.3) is 0 Å². The van der Waals surface area contributed by atoms with E-state index in [1.807, 2.05) is 0 Å². The first kappa shape index (κ1) is 28.5. The fraction of sp³-hybridized carbons (Fsp3) is 0.947. The lowest BCUT2D eigenvalue weighted by Crippen LogP contribution is -2.71. The number of hydrogen-bond donors (Lipinski definition) is 9. The zero-order valence-electron chi connectivity index (χ0n) is 18.6. The van der Waals surface area contributed by atoms with Crippen molar-refractivity contribution < 1.29 is 79.2 Å². The minimum absolute atomic E-state index is 0.463. The van der Waals surface area contributed by atoms with Gasteiger partial charge in [0.05, 0.1) is 26.4 Å². The van der Waals surface area contributed by atoms with Gasteiger partial charge in [-0.3, -0.25) is 0 Å². The minimum Gasteiger partial charge on any atom is -0.479 e. The van der Waals surface area contributed by atoms with Crippen LogP contribution < -0.4 is 0 Å². The average molecular weight is 516 g/mol. The van der Waals surface area contributed by atoms with Crippen LogP contribution in [0, 0.1) is 0 Å². The van der Waals surface area contributed by atoms with Crippen LogP contribution in [0.15, 0.2) is 0 Å². The van der Waals surface area contributed by atoms with Crippen LogP contribution in [-0.4, -0.2) is 165 Å². The van der Waals surface area contributed by atoms with Crippen molar-refractivity contribution in [3.8, 4) is 0 Å². The van der Waals surface area contributed by atoms with E-state index in [2.05, 4.69) is 0 Å². The topological polar surface area (TPSA) is 255 Å². The van der Waals surface area contributed by atoms with E-state index in [0.717, 1.165) is 0 Å². The summed E-state index contributed by atoms with van der Waals surface area (Å²) in [6.07, 6.45) is -20.6. The molecule has 0 spiro atoms. The van der Waals surface area contributed by atoms with Gasteiger partial charge in [0.1, 0.15) is 60.5 Å². The third-order valence-electron chi connectivity index (χ3n) is 6.21. The summed E-state index contributed by atoms with van der Waals surface area (Å²) in [5.41, 5.74) is -1.97. The van der Waals surface area contributed by atoms with Gasteiger partial charge in [0.25, 0.3) is 0 Å². The van der Waals surface area contributed by atoms with Crippen LogP contribution in [0.5, 0.6) is 0 Å². The third kappa shape index (κ3) is 5.60. The first-order valence-electron chi connectivity index (χ1n) is 10.8. The highest BCUT2D eigenvalue weighted by atomic mass is 16.8. The number of rotatable bonds is 8. The number of aliphatic hydroxyl groups excluding tert-OH is 8. The Morgan fingerprint density at radius 1 is 0.914 bits per heavy atom. The molecule has 0 aliphatic carbocycles. The smallest absolute Gasteiger partial charge is 0.335 e. The number of hydrogen-bond acceptors (Lipinski definition) is 15. The Balaban J connectivity index is 1.93. The van der Waals surface area contributed by atoms with Gasteiger partial charge in [-0.25, -0.2) is 4.79 Å². The predicted octanol–water partition coefficient (Wildman–Crippen LogP) is -6.14. The highest BCUT2D eigenvalue weighted by Gasteiger charge is 2.59. The molecule has 35 heavy (non-hydrogen) atoms. The summed E-state index contributed by atoms with van der Waals surface area (Å²) in [6, 6.07) is 0. The van der Waals surface area contributed by atoms with E-state index in [1.165, 1.54) is 7.11 Å². The molecule has 3 aliphatic rings. The second-order valence-corrected chi connectivity index (χ2v) is 8.68. The van der Waals surface area contributed by atoms with Crippen molar-refractivity contribution in [2.45, 2.75) is 79.2 Å². The van der Waals surface area contributed by atoms with Crippen LogP contribution in [0.2, 0.25) is 0 Å². The van der Waals surface area contributed by atoms with E-state index in [9.17, 15) is 50.8 Å². The SMILES string of the molecule is COCC1(O[C@@H]2OC(CO)[C@H](O)C(O)C2O)COC(C(=O)O)[C@@H](O)C1O[C@@H]1OC[C@@H](O)C(O)C1O. The maximum Gasteiger partial charge on any atom is 0.335 e. The van der Waals surface area contributed by atoms with Gasteiger partial charge in [-0.05, 0) is 0 Å². The van der Waals surface area contributed by atoms with Crippen LogP contribution in [0.4, 0.5) is 0 Å². The van der Waals surface area contributed by atoms with Crippen LogP contribution in [0.1, 0.15) is 0 Å². The summed E-state index contributed by atoms with van der Waals surface area (Å²) in [4.78, 5) is 11.6. The number of ether oxygens (including phenoxy) is 6. The molecule has 0 aromatic carbocycles. The van der Waals surface area contributed by atoms with Crippen molar-refractivity contribution in [3.05, 3.63) is 0 Å². The van der Waals surface area contributed by atoms with Crippen LogP contribution in [-0.2, 0) is 33.2 Å². The fourth-order valence-electron chi connectivity index (χ4n) is 4.25. The van der Waals surface area contributed by atoms with Gasteiger partial charge in [-0.15, -0.1) is 0 Å². The molecule has 9 N–H and O–H groups in total. The van der Waals surface area contributed by atoms with Crippen molar-refractivity contribution in [1.82, 2.24) is 0 Å². The van der Waals surface area contributed by atoms with E-state index in [4.69, 9.17) is 28.4 Å². The molecule has 16 heteroatoms. The molecule has 0 amide bonds. The normalized spacial score (nSPS) is 49.1. The van der Waals surface area contributed by atoms with Gasteiger partial charge < -0.3 is 74.4 Å². The first-order chi connectivity index (χ1) is 16.5. The number of aliphatic hydroxyl groups is 8. The zero-order chi connectivity index (χ0) is 26.1. The molecule has 0 saturated carbocycles. The summed E-state index contributed by atoms with van der Waals surface area (Å²) in [5.74, 6) is -1.56. The average Bonchev–Trinajstić information content (AvgIpc) is 2.81. The molecule has 0 bridgehead atoms. The maximum atomic E-state index is 11.6. The molecular weight excluding hydrogens is 484 g/mol. The number of carbonyl (C=O) groups is 1. The van der Waals surface area contributed by atoms with Gasteiger partial charge in [-0.1, -0.05) is 0 Å². The van der Waals surface area contributed by atoms with Crippen molar-refractivity contribution >= 4 is 5.97 Å². The molecule has 3 heterocycles. The van der Waals surface area contributed by atoms with Gasteiger partial charge in [-0.2, -0.15) is 0 Å². The lowest BCUT2D eigenvalue weighted by atomic mass is 9.87. The molecule has 3 rings (SSSR count). The highest BCUT2D eigenvalue weighted by Crippen LogP contribution is 2.36. The lowest BCUT2D eigenvalue weighted by Gasteiger charge is -2.51. The van der Waals surface area contributed by atoms with E-state index < -0.39 is 112 Å². The summed E-state index contributed by atoms with van der Waals surface area (Å²) in [6.45, 7) is -2.34. The Hall–Kier alpha value is -1.09. The quantitative estimate of drug-likeness (QED) is 0.145. The number of carboxylic acids is 1. The summed E-state index contributed by atoms with van der Waals surface area (Å²) in [5, 5.41) is 90.1. The zero-order valence-corrected chi connectivity index (χ0v) is 18.6. The van der Waals surface area contributed by atoms with E-state index in [-0.39, 0.29) is 0 Å². The van der Waals surface area contributed by atoms with Crippen LogP contribution in [0.3, 0.4) is 0 Å². The van der Waals surface area contributed by atoms with Gasteiger partial charge in [0, 0.05) is 7.11 Å². The monoisotopic (exact) mass is 516 g/mol. The van der Waals surface area contributed by atoms with Crippen molar-refractivity contribution in [3.63, 3.8) is 0 Å². The Labute approximate surface area is 198 Å². The molecule has 8 unspecified atom stereocenters. The Morgan fingerprint density at radius 2 is 1.57 bits per heavy atom. The molecule has 204 valence electrons. The second kappa shape index (κ2) is 11.5. The fourth-order valence-corrected chi connectivity index (χ4v) is 4.25. The highest BCUT2D eigenvalue weighted by molar-refractivity contribution is 5.73. The molecular formula is C19H32O16. The van der Waals surface area contributed by atoms with Gasteiger partial charge in [0.2, 0.25) is 0 Å². The summed E-state index contributed by atoms with van der Waals surface area (Å²) < 4.78 is 32.5. The third-order valence-corrected chi connectivity index (χ3v) is 6.21. The van der Waals surface area contributed by atoms with Gasteiger partial charge >= 0.3 is 5.97 Å². The number of methoxy groups -OCH3 is 1. The van der Waals surface area contributed by atoms with Crippen molar-refractivity contribution in [2.75, 3.05) is 33.5 Å². The second-order valence-electron chi connectivity index (χ2n) is 8.68. The molecule has 3 saturated heterocycles. The molecule has 0 aromatic heterocycles. The molecule has 16 nitrogen and oxygen atoms in total. The van der Waals surface area contributed by atoms with E-state index in [0.29, 0.717) is 0 Å². The van der Waals surface area contributed by atoms with Crippen LogP contribution >= 0.6 is 0 Å². The number of carboxylic acid groups (broad SMARTS) is 1. The Bertz CT molecular complexity index is 708. The largest absolute Gasteiger partial charge is 0.479 e. The Morgan fingerprint density at radius 3 is 2.17 bits per heavy atom. The molecule has 0 radical (unpaired) electrons. The predicted molar refractivity (Wildman–Crippen MR) is 105 cm³/mol. The molecule has 3 aliphatic heterocycles. The summed E-state index contributed by atoms with van der Waals surface area (Å²) >= 11 is 0. The van der Waals surface area contributed by atoms with E-state index >= 15 is 0 Å².